The van der Waals surface area contributed by atoms with Crippen molar-refractivity contribution in [1.82, 2.24) is 4.31 Å². The van der Waals surface area contributed by atoms with Crippen LogP contribution in [0.2, 0.25) is 0 Å². The number of hydrogen-bond donors (Lipinski definition) is 1. The van der Waals surface area contributed by atoms with Crippen LogP contribution in [0, 0.1) is 0 Å². The summed E-state index contributed by atoms with van der Waals surface area (Å²) in [6.45, 7) is 1.50. The molecule has 0 spiro atoms. The highest BCUT2D eigenvalue weighted by molar-refractivity contribution is 7.89. The topological polar surface area (TPSA) is 76.1 Å². The van der Waals surface area contributed by atoms with Crippen molar-refractivity contribution < 1.29 is 23.0 Å². The second-order valence-electron chi connectivity index (χ2n) is 6.00. The number of methoxy groups -OCH3 is 2. The zero-order chi connectivity index (χ0) is 19.2. The third kappa shape index (κ3) is 4.97. The average Bonchev–Trinajstić information content (AvgIpc) is 2.67. The van der Waals surface area contributed by atoms with Gasteiger partial charge < -0.3 is 14.6 Å². The molecule has 1 N–H and O–H groups in total. The van der Waals surface area contributed by atoms with E-state index >= 15 is 0 Å². The SMILES string of the molecule is COc1ccc(CN(Cc2ccc(OC)cc2)S(=O)(=O)C(C)CO)cc1. The lowest BCUT2D eigenvalue weighted by atomic mass is 10.2. The van der Waals surface area contributed by atoms with Gasteiger partial charge in [-0.05, 0) is 42.3 Å². The molecule has 0 bridgehead atoms. The second-order valence-corrected chi connectivity index (χ2v) is 8.35. The van der Waals surface area contributed by atoms with E-state index in [0.717, 1.165) is 11.1 Å². The molecule has 2 aromatic rings. The van der Waals surface area contributed by atoms with Gasteiger partial charge in [0.25, 0.3) is 0 Å². The first-order valence-corrected chi connectivity index (χ1v) is 9.76. The molecule has 0 saturated heterocycles. The van der Waals surface area contributed by atoms with E-state index in [-0.39, 0.29) is 13.1 Å². The van der Waals surface area contributed by atoms with Crippen molar-refractivity contribution in [2.45, 2.75) is 25.3 Å². The van der Waals surface area contributed by atoms with Gasteiger partial charge in [0.05, 0.1) is 26.1 Å². The largest absolute Gasteiger partial charge is 0.497 e. The predicted molar refractivity (Wildman–Crippen MR) is 101 cm³/mol. The summed E-state index contributed by atoms with van der Waals surface area (Å²) in [4.78, 5) is 0. The molecule has 0 aliphatic rings. The molecule has 1 atom stereocenters. The fourth-order valence-electron chi connectivity index (χ4n) is 2.45. The van der Waals surface area contributed by atoms with Crippen molar-refractivity contribution in [2.75, 3.05) is 20.8 Å². The molecule has 2 rings (SSSR count). The molecule has 1 unspecified atom stereocenters. The molecule has 26 heavy (non-hydrogen) atoms. The number of aliphatic hydroxyl groups excluding tert-OH is 1. The minimum atomic E-state index is -3.66. The fraction of sp³-hybridized carbons (Fsp3) is 0.368. The molecule has 0 aromatic heterocycles. The van der Waals surface area contributed by atoms with Gasteiger partial charge in [-0.3, -0.25) is 0 Å². The smallest absolute Gasteiger partial charge is 0.219 e. The van der Waals surface area contributed by atoms with Crippen molar-refractivity contribution in [1.29, 1.82) is 0 Å². The maximum absolute atomic E-state index is 12.8. The summed E-state index contributed by atoms with van der Waals surface area (Å²) in [5, 5.41) is 8.47. The molecule has 0 aliphatic heterocycles. The van der Waals surface area contributed by atoms with Gasteiger partial charge in [-0.1, -0.05) is 24.3 Å². The van der Waals surface area contributed by atoms with Crippen LogP contribution in [0.5, 0.6) is 11.5 Å². The van der Waals surface area contributed by atoms with Gasteiger partial charge in [0.2, 0.25) is 10.0 Å². The van der Waals surface area contributed by atoms with Crippen LogP contribution >= 0.6 is 0 Å². The van der Waals surface area contributed by atoms with E-state index in [9.17, 15) is 13.5 Å². The summed E-state index contributed by atoms with van der Waals surface area (Å²) in [5.41, 5.74) is 1.68. The van der Waals surface area contributed by atoms with Crippen LogP contribution in [0.4, 0.5) is 0 Å². The average molecular weight is 379 g/mol. The van der Waals surface area contributed by atoms with Crippen LogP contribution in [0.25, 0.3) is 0 Å². The summed E-state index contributed by atoms with van der Waals surface area (Å²) in [5.74, 6) is 1.42. The molecule has 6 nitrogen and oxygen atoms in total. The van der Waals surface area contributed by atoms with Gasteiger partial charge in [-0.2, -0.15) is 4.31 Å². The van der Waals surface area contributed by atoms with E-state index in [0.29, 0.717) is 11.5 Å². The Bertz CT molecular complexity index is 738. The van der Waals surface area contributed by atoms with E-state index in [1.807, 2.05) is 24.3 Å². The first-order valence-electron chi connectivity index (χ1n) is 8.26. The number of rotatable bonds is 9. The van der Waals surface area contributed by atoms with Gasteiger partial charge in [-0.25, -0.2) is 8.42 Å². The third-order valence-corrected chi connectivity index (χ3v) is 6.31. The van der Waals surface area contributed by atoms with Gasteiger partial charge >= 0.3 is 0 Å². The lowest BCUT2D eigenvalue weighted by Crippen LogP contribution is -2.38. The van der Waals surface area contributed by atoms with Crippen LogP contribution < -0.4 is 9.47 Å². The number of sulfonamides is 1. The summed E-state index contributed by atoms with van der Waals surface area (Å²) in [6.07, 6.45) is 0. The number of hydrogen-bond acceptors (Lipinski definition) is 5. The number of benzene rings is 2. The van der Waals surface area contributed by atoms with Crippen molar-refractivity contribution in [3.05, 3.63) is 59.7 Å². The normalized spacial score (nSPS) is 12.8. The molecular formula is C19H25NO5S. The van der Waals surface area contributed by atoms with Gasteiger partial charge in [-0.15, -0.1) is 0 Å². The first kappa shape index (κ1) is 20.2. The van der Waals surface area contributed by atoms with Crippen molar-refractivity contribution >= 4 is 10.0 Å². The molecule has 7 heteroatoms. The predicted octanol–water partition coefficient (Wildman–Crippen LogP) is 2.42. The Morgan fingerprint density at radius 1 is 0.885 bits per heavy atom. The summed E-state index contributed by atoms with van der Waals surface area (Å²) in [7, 11) is -0.495. The Hall–Kier alpha value is -2.09. The van der Waals surface area contributed by atoms with Crippen LogP contribution in [-0.2, 0) is 23.1 Å². The highest BCUT2D eigenvalue weighted by Crippen LogP contribution is 2.21. The third-order valence-electron chi connectivity index (χ3n) is 4.16. The minimum Gasteiger partial charge on any atom is -0.497 e. The quantitative estimate of drug-likeness (QED) is 0.724. The zero-order valence-electron chi connectivity index (χ0n) is 15.3. The second kappa shape index (κ2) is 9.02. The Morgan fingerprint density at radius 3 is 1.58 bits per heavy atom. The van der Waals surface area contributed by atoms with Gasteiger partial charge in [0.15, 0.2) is 0 Å². The Morgan fingerprint density at radius 2 is 1.27 bits per heavy atom. The van der Waals surface area contributed by atoms with Crippen LogP contribution in [-0.4, -0.2) is 43.9 Å². The Labute approximate surface area is 155 Å². The summed E-state index contributed by atoms with van der Waals surface area (Å²) < 4.78 is 37.3. The van der Waals surface area contributed by atoms with Gasteiger partial charge in [0, 0.05) is 13.1 Å². The van der Waals surface area contributed by atoms with E-state index < -0.39 is 21.9 Å². The van der Waals surface area contributed by atoms with Crippen molar-refractivity contribution in [3.8, 4) is 11.5 Å². The van der Waals surface area contributed by atoms with Crippen LogP contribution in [0.15, 0.2) is 48.5 Å². The molecule has 142 valence electrons. The van der Waals surface area contributed by atoms with Crippen LogP contribution in [0.1, 0.15) is 18.1 Å². The summed E-state index contributed by atoms with van der Waals surface area (Å²) >= 11 is 0. The maximum atomic E-state index is 12.8. The molecule has 0 amide bonds. The van der Waals surface area contributed by atoms with Crippen molar-refractivity contribution in [2.24, 2.45) is 0 Å². The Balaban J connectivity index is 2.28. The molecule has 0 heterocycles. The van der Waals surface area contributed by atoms with E-state index in [1.165, 1.54) is 11.2 Å². The number of nitrogens with zero attached hydrogens (tertiary/aromatic N) is 1. The minimum absolute atomic E-state index is 0.211. The zero-order valence-corrected chi connectivity index (χ0v) is 16.1. The summed E-state index contributed by atoms with van der Waals surface area (Å²) in [6, 6.07) is 14.5. The molecule has 0 radical (unpaired) electrons. The highest BCUT2D eigenvalue weighted by atomic mass is 32.2. The fourth-order valence-corrected chi connectivity index (χ4v) is 3.81. The highest BCUT2D eigenvalue weighted by Gasteiger charge is 2.28. The van der Waals surface area contributed by atoms with Crippen molar-refractivity contribution in [3.63, 3.8) is 0 Å². The van der Waals surface area contributed by atoms with E-state index in [2.05, 4.69) is 0 Å². The molecule has 0 aliphatic carbocycles. The standard InChI is InChI=1S/C19H25NO5S/c1-15(14-21)26(22,23)20(12-16-4-8-18(24-2)9-5-16)13-17-6-10-19(25-3)11-7-17/h4-11,15,21H,12-14H2,1-3H3. The maximum Gasteiger partial charge on any atom is 0.219 e. The monoisotopic (exact) mass is 379 g/mol. The van der Waals surface area contributed by atoms with Crippen LogP contribution in [0.3, 0.4) is 0 Å². The molecule has 2 aromatic carbocycles. The first-order chi connectivity index (χ1) is 12.4. The molecular weight excluding hydrogens is 354 g/mol. The van der Waals surface area contributed by atoms with E-state index in [4.69, 9.17) is 9.47 Å². The molecule has 0 saturated carbocycles. The molecule has 0 fully saturated rings. The van der Waals surface area contributed by atoms with Gasteiger partial charge in [0.1, 0.15) is 11.5 Å². The Kier molecular flexibility index (Phi) is 7.02. The number of ether oxygens (including phenoxy) is 2. The lowest BCUT2D eigenvalue weighted by Gasteiger charge is -2.25. The van der Waals surface area contributed by atoms with E-state index in [1.54, 1.807) is 38.5 Å². The lowest BCUT2D eigenvalue weighted by molar-refractivity contribution is 0.287. The number of aliphatic hydroxyl groups is 1.